The summed E-state index contributed by atoms with van der Waals surface area (Å²) in [6, 6.07) is 5.95. The van der Waals surface area contributed by atoms with Crippen LogP contribution >= 0.6 is 0 Å². The van der Waals surface area contributed by atoms with E-state index < -0.39 is 35.5 Å². The number of carbonyl (C=O) groups excluding carboxylic acids is 4. The molecule has 188 valence electrons. The lowest BCUT2D eigenvalue weighted by Crippen LogP contribution is -2.49. The second kappa shape index (κ2) is 8.95. The van der Waals surface area contributed by atoms with Crippen molar-refractivity contribution in [2.45, 2.75) is 25.4 Å². The average Bonchev–Trinajstić information content (AvgIpc) is 3.47. The molecular weight excluding hydrogens is 472 g/mol. The van der Waals surface area contributed by atoms with E-state index in [0.717, 1.165) is 4.90 Å². The van der Waals surface area contributed by atoms with Crippen LogP contribution in [0.5, 0.6) is 11.5 Å². The second-order valence-electron chi connectivity index (χ2n) is 8.46. The van der Waals surface area contributed by atoms with Crippen molar-refractivity contribution in [3.63, 3.8) is 0 Å². The number of nitrogens with one attached hydrogen (secondary N) is 3. The Balaban J connectivity index is 1.49. The lowest BCUT2D eigenvalue weighted by molar-refractivity contribution is -0.139. The number of fused-ring (bicyclic) bond motifs is 1. The van der Waals surface area contributed by atoms with Gasteiger partial charge in [-0.25, -0.2) is 14.4 Å². The van der Waals surface area contributed by atoms with Crippen molar-refractivity contribution < 1.29 is 37.8 Å². The van der Waals surface area contributed by atoms with Crippen molar-refractivity contribution in [2.75, 3.05) is 26.4 Å². The predicted molar refractivity (Wildman–Crippen MR) is 122 cm³/mol. The van der Waals surface area contributed by atoms with Crippen LogP contribution in [-0.4, -0.2) is 55.2 Å². The van der Waals surface area contributed by atoms with Crippen molar-refractivity contribution >= 4 is 23.9 Å². The van der Waals surface area contributed by atoms with Gasteiger partial charge in [0.25, 0.3) is 5.91 Å². The van der Waals surface area contributed by atoms with Gasteiger partial charge in [-0.15, -0.1) is 0 Å². The molecule has 4 heterocycles. The standard InChI is InChI=1S/C24H24N4O8/c1-3-33-20(29)18-14(25-22(31)26-19(18)16-5-4-8-34-16)12-28-21(30)24(2,27-23(28)32)13-6-7-15-17(11-13)36-10-9-35-15/h4-8,11,19H,3,9-10,12H2,1-2H3,(H,27,32)(H2,25,26,31). The molecule has 1 aromatic carbocycles. The highest BCUT2D eigenvalue weighted by atomic mass is 16.6. The predicted octanol–water partition coefficient (Wildman–Crippen LogP) is 1.69. The minimum atomic E-state index is -1.41. The third-order valence-electron chi connectivity index (χ3n) is 6.19. The third kappa shape index (κ3) is 3.89. The maximum atomic E-state index is 13.6. The molecule has 0 aliphatic carbocycles. The Bertz CT molecular complexity index is 1270. The number of carbonyl (C=O) groups is 4. The number of esters is 1. The molecule has 1 saturated heterocycles. The van der Waals surface area contributed by atoms with E-state index in [0.29, 0.717) is 36.0 Å². The summed E-state index contributed by atoms with van der Waals surface area (Å²) in [5, 5.41) is 7.89. The van der Waals surface area contributed by atoms with E-state index in [4.69, 9.17) is 18.6 Å². The van der Waals surface area contributed by atoms with Crippen molar-refractivity contribution in [1.29, 1.82) is 0 Å². The Morgan fingerprint density at radius 1 is 1.17 bits per heavy atom. The molecular formula is C24H24N4O8. The van der Waals surface area contributed by atoms with E-state index in [2.05, 4.69) is 16.0 Å². The van der Waals surface area contributed by atoms with E-state index in [9.17, 15) is 19.2 Å². The topological polar surface area (TPSA) is 148 Å². The van der Waals surface area contributed by atoms with Crippen LogP contribution in [0.2, 0.25) is 0 Å². The minimum Gasteiger partial charge on any atom is -0.486 e. The highest BCUT2D eigenvalue weighted by molar-refractivity contribution is 6.08. The van der Waals surface area contributed by atoms with Crippen LogP contribution in [0.25, 0.3) is 0 Å². The van der Waals surface area contributed by atoms with Gasteiger partial charge in [-0.3, -0.25) is 9.69 Å². The number of hydrogen-bond acceptors (Lipinski definition) is 8. The summed E-state index contributed by atoms with van der Waals surface area (Å²) in [6.07, 6.45) is 1.40. The second-order valence-corrected chi connectivity index (χ2v) is 8.46. The Morgan fingerprint density at radius 2 is 1.94 bits per heavy atom. The maximum Gasteiger partial charge on any atom is 0.338 e. The molecule has 3 aliphatic heterocycles. The van der Waals surface area contributed by atoms with Gasteiger partial charge in [0.05, 0.1) is 30.7 Å². The Labute approximate surface area is 205 Å². The van der Waals surface area contributed by atoms with Crippen molar-refractivity contribution in [1.82, 2.24) is 20.9 Å². The van der Waals surface area contributed by atoms with Crippen LogP contribution in [0.15, 0.2) is 52.3 Å². The molecule has 1 fully saturated rings. The summed E-state index contributed by atoms with van der Waals surface area (Å²) in [6.45, 7) is 3.72. The molecule has 0 bridgehead atoms. The van der Waals surface area contributed by atoms with Crippen LogP contribution in [0.1, 0.15) is 31.2 Å². The lowest BCUT2D eigenvalue weighted by atomic mass is 9.91. The number of amides is 5. The fourth-order valence-corrected chi connectivity index (χ4v) is 4.41. The number of urea groups is 2. The zero-order chi connectivity index (χ0) is 25.4. The summed E-state index contributed by atoms with van der Waals surface area (Å²) in [5.74, 6) is 0.0292. The molecule has 12 nitrogen and oxygen atoms in total. The molecule has 0 spiro atoms. The van der Waals surface area contributed by atoms with Gasteiger partial charge in [0.2, 0.25) is 0 Å². The number of furan rings is 1. The summed E-state index contributed by atoms with van der Waals surface area (Å²) < 4.78 is 21.8. The molecule has 3 aliphatic rings. The number of imide groups is 1. The highest BCUT2D eigenvalue weighted by Crippen LogP contribution is 2.37. The molecule has 12 heteroatoms. The van der Waals surface area contributed by atoms with E-state index >= 15 is 0 Å². The summed E-state index contributed by atoms with van der Waals surface area (Å²) in [7, 11) is 0. The van der Waals surface area contributed by atoms with Gasteiger partial charge < -0.3 is 34.6 Å². The Morgan fingerprint density at radius 3 is 2.67 bits per heavy atom. The van der Waals surface area contributed by atoms with Gasteiger partial charge in [0, 0.05) is 0 Å². The molecule has 5 rings (SSSR count). The molecule has 2 unspecified atom stereocenters. The summed E-state index contributed by atoms with van der Waals surface area (Å²) in [4.78, 5) is 52.8. The molecule has 0 saturated carbocycles. The van der Waals surface area contributed by atoms with E-state index in [1.165, 1.54) is 6.26 Å². The van der Waals surface area contributed by atoms with E-state index in [-0.39, 0.29) is 24.4 Å². The first-order chi connectivity index (χ1) is 17.3. The van der Waals surface area contributed by atoms with Crippen LogP contribution in [0.3, 0.4) is 0 Å². The zero-order valence-electron chi connectivity index (χ0n) is 19.6. The number of ether oxygens (including phenoxy) is 3. The highest BCUT2D eigenvalue weighted by Gasteiger charge is 2.50. The van der Waals surface area contributed by atoms with Crippen LogP contribution in [0.4, 0.5) is 9.59 Å². The molecule has 36 heavy (non-hydrogen) atoms. The quantitative estimate of drug-likeness (QED) is 0.404. The first kappa shape index (κ1) is 23.3. The number of nitrogens with zero attached hydrogens (tertiary/aromatic N) is 1. The van der Waals surface area contributed by atoms with E-state index in [1.807, 2.05) is 0 Å². The first-order valence-electron chi connectivity index (χ1n) is 11.4. The number of hydrogen-bond donors (Lipinski definition) is 3. The third-order valence-corrected chi connectivity index (χ3v) is 6.19. The van der Waals surface area contributed by atoms with Crippen LogP contribution in [-0.2, 0) is 19.9 Å². The van der Waals surface area contributed by atoms with Crippen molar-refractivity contribution in [3.8, 4) is 11.5 Å². The fraction of sp³-hybridized carbons (Fsp3) is 0.333. The minimum absolute atomic E-state index is 0.0277. The number of benzene rings is 1. The smallest absolute Gasteiger partial charge is 0.338 e. The van der Waals surface area contributed by atoms with Crippen LogP contribution < -0.4 is 25.4 Å². The molecule has 1 aromatic heterocycles. The van der Waals surface area contributed by atoms with E-state index in [1.54, 1.807) is 44.2 Å². The maximum absolute atomic E-state index is 13.6. The van der Waals surface area contributed by atoms with Gasteiger partial charge in [0.1, 0.15) is 30.6 Å². The van der Waals surface area contributed by atoms with Crippen molar-refractivity contribution in [3.05, 3.63) is 59.2 Å². The summed E-state index contributed by atoms with van der Waals surface area (Å²) >= 11 is 0. The van der Waals surface area contributed by atoms with Gasteiger partial charge >= 0.3 is 18.0 Å². The molecule has 2 atom stereocenters. The lowest BCUT2D eigenvalue weighted by Gasteiger charge is -2.29. The number of rotatable bonds is 6. The monoisotopic (exact) mass is 496 g/mol. The zero-order valence-corrected chi connectivity index (χ0v) is 19.6. The largest absolute Gasteiger partial charge is 0.486 e. The summed E-state index contributed by atoms with van der Waals surface area (Å²) in [5.41, 5.74) is -0.835. The van der Waals surface area contributed by atoms with Gasteiger partial charge in [-0.05, 0) is 43.7 Å². The SMILES string of the molecule is CCOC(=O)C1=C(CN2C(=O)NC(C)(c3ccc4c(c3)OCCO4)C2=O)NC(=O)NC1c1ccco1. The van der Waals surface area contributed by atoms with Gasteiger partial charge in [0.15, 0.2) is 11.5 Å². The van der Waals surface area contributed by atoms with Gasteiger partial charge in [-0.2, -0.15) is 0 Å². The molecule has 0 radical (unpaired) electrons. The van der Waals surface area contributed by atoms with Gasteiger partial charge in [-0.1, -0.05) is 6.07 Å². The van der Waals surface area contributed by atoms with Crippen molar-refractivity contribution in [2.24, 2.45) is 0 Å². The first-order valence-corrected chi connectivity index (χ1v) is 11.4. The molecule has 2 aromatic rings. The molecule has 3 N–H and O–H groups in total. The fourth-order valence-electron chi connectivity index (χ4n) is 4.41. The Hall–Kier alpha value is -4.48. The van der Waals surface area contributed by atoms with Crippen LogP contribution in [0, 0.1) is 0 Å². The normalized spacial score (nSPS) is 23.2. The molecule has 5 amide bonds. The Kier molecular flexibility index (Phi) is 5.78. The average molecular weight is 496 g/mol.